The molecule has 1 aliphatic rings. The Bertz CT molecular complexity index is 594. The third-order valence-electron chi connectivity index (χ3n) is 3.52. The zero-order valence-electron chi connectivity index (χ0n) is 11.0. The standard InChI is InChI=1S/C15H17BrN2S/c1-2-11-9-12-10-13(16)3-4-14(12)17-15(11)18-5-7-19-8-6-18/h3-4,9-10H,2,5-8H2,1H3. The number of rotatable bonds is 2. The molecule has 100 valence electrons. The number of anilines is 1. The van der Waals surface area contributed by atoms with Crippen LogP contribution in [0.2, 0.25) is 0 Å². The van der Waals surface area contributed by atoms with Crippen LogP contribution >= 0.6 is 27.7 Å². The maximum atomic E-state index is 4.91. The van der Waals surface area contributed by atoms with Crippen molar-refractivity contribution in [3.63, 3.8) is 0 Å². The molecular weight excluding hydrogens is 320 g/mol. The van der Waals surface area contributed by atoms with Gasteiger partial charge in [-0.25, -0.2) is 4.98 Å². The minimum Gasteiger partial charge on any atom is -0.355 e. The van der Waals surface area contributed by atoms with E-state index in [9.17, 15) is 0 Å². The van der Waals surface area contributed by atoms with Gasteiger partial charge in [0.05, 0.1) is 5.52 Å². The first-order valence-corrected chi connectivity index (χ1v) is 8.64. The van der Waals surface area contributed by atoms with Crippen LogP contribution in [-0.4, -0.2) is 29.6 Å². The topological polar surface area (TPSA) is 16.1 Å². The van der Waals surface area contributed by atoms with Crippen molar-refractivity contribution in [1.29, 1.82) is 0 Å². The van der Waals surface area contributed by atoms with Crippen LogP contribution in [0.5, 0.6) is 0 Å². The lowest BCUT2D eigenvalue weighted by Crippen LogP contribution is -2.33. The van der Waals surface area contributed by atoms with Gasteiger partial charge in [0.1, 0.15) is 5.82 Å². The number of benzene rings is 1. The van der Waals surface area contributed by atoms with Crippen LogP contribution in [0.3, 0.4) is 0 Å². The van der Waals surface area contributed by atoms with Crippen LogP contribution in [0.4, 0.5) is 5.82 Å². The van der Waals surface area contributed by atoms with Crippen molar-refractivity contribution in [3.05, 3.63) is 34.3 Å². The highest BCUT2D eigenvalue weighted by Crippen LogP contribution is 2.27. The second kappa shape index (κ2) is 5.71. The largest absolute Gasteiger partial charge is 0.355 e. The van der Waals surface area contributed by atoms with Crippen molar-refractivity contribution in [3.8, 4) is 0 Å². The fourth-order valence-corrected chi connectivity index (χ4v) is 3.77. The van der Waals surface area contributed by atoms with Crippen molar-refractivity contribution >= 4 is 44.4 Å². The Morgan fingerprint density at radius 2 is 2.05 bits per heavy atom. The van der Waals surface area contributed by atoms with Crippen molar-refractivity contribution in [2.75, 3.05) is 29.5 Å². The second-order valence-corrected chi connectivity index (χ2v) is 6.90. The highest BCUT2D eigenvalue weighted by molar-refractivity contribution is 9.10. The molecule has 1 aromatic carbocycles. The van der Waals surface area contributed by atoms with Gasteiger partial charge in [-0.3, -0.25) is 0 Å². The van der Waals surface area contributed by atoms with Gasteiger partial charge in [0.25, 0.3) is 0 Å². The molecule has 1 aliphatic heterocycles. The van der Waals surface area contributed by atoms with Crippen molar-refractivity contribution < 1.29 is 0 Å². The minimum absolute atomic E-state index is 1.04. The van der Waals surface area contributed by atoms with Crippen LogP contribution in [0.15, 0.2) is 28.7 Å². The van der Waals surface area contributed by atoms with E-state index in [1.807, 2.05) is 11.8 Å². The van der Waals surface area contributed by atoms with Crippen molar-refractivity contribution in [2.24, 2.45) is 0 Å². The molecule has 1 fully saturated rings. The molecule has 0 radical (unpaired) electrons. The van der Waals surface area contributed by atoms with Crippen molar-refractivity contribution in [1.82, 2.24) is 4.98 Å². The molecule has 0 aliphatic carbocycles. The summed E-state index contributed by atoms with van der Waals surface area (Å²) >= 11 is 5.57. The first-order valence-electron chi connectivity index (χ1n) is 6.70. The molecular formula is C15H17BrN2S. The first-order chi connectivity index (χ1) is 9.28. The molecule has 19 heavy (non-hydrogen) atoms. The number of hydrogen-bond acceptors (Lipinski definition) is 3. The number of fused-ring (bicyclic) bond motifs is 1. The van der Waals surface area contributed by atoms with E-state index in [4.69, 9.17) is 4.98 Å². The molecule has 3 rings (SSSR count). The Labute approximate surface area is 126 Å². The number of aryl methyl sites for hydroxylation is 1. The lowest BCUT2D eigenvalue weighted by molar-refractivity contribution is 0.832. The molecule has 0 spiro atoms. The summed E-state index contributed by atoms with van der Waals surface area (Å²) < 4.78 is 1.12. The summed E-state index contributed by atoms with van der Waals surface area (Å²) in [7, 11) is 0. The zero-order valence-corrected chi connectivity index (χ0v) is 13.4. The Morgan fingerprint density at radius 1 is 1.26 bits per heavy atom. The van der Waals surface area contributed by atoms with Gasteiger partial charge in [-0.05, 0) is 36.2 Å². The van der Waals surface area contributed by atoms with Gasteiger partial charge in [0.15, 0.2) is 0 Å². The Morgan fingerprint density at radius 3 is 2.79 bits per heavy atom. The molecule has 0 unspecified atom stereocenters. The van der Waals surface area contributed by atoms with Crippen LogP contribution < -0.4 is 4.90 Å². The van der Waals surface area contributed by atoms with Gasteiger partial charge in [0.2, 0.25) is 0 Å². The predicted octanol–water partition coefficient (Wildman–Crippen LogP) is 4.11. The van der Waals surface area contributed by atoms with E-state index < -0.39 is 0 Å². The van der Waals surface area contributed by atoms with E-state index >= 15 is 0 Å². The summed E-state index contributed by atoms with van der Waals surface area (Å²) in [4.78, 5) is 7.35. The van der Waals surface area contributed by atoms with Gasteiger partial charge in [-0.2, -0.15) is 11.8 Å². The summed E-state index contributed by atoms with van der Waals surface area (Å²) in [5.74, 6) is 3.62. The molecule has 0 bridgehead atoms. The molecule has 0 saturated carbocycles. The minimum atomic E-state index is 1.04. The number of pyridine rings is 1. The fraction of sp³-hybridized carbons (Fsp3) is 0.400. The number of hydrogen-bond donors (Lipinski definition) is 0. The Hall–Kier alpha value is -0.740. The molecule has 2 nitrogen and oxygen atoms in total. The normalized spacial score (nSPS) is 16.0. The van der Waals surface area contributed by atoms with E-state index in [2.05, 4.69) is 52.0 Å². The highest BCUT2D eigenvalue weighted by atomic mass is 79.9. The molecule has 2 aromatic rings. The summed E-state index contributed by atoms with van der Waals surface area (Å²) in [6.07, 6.45) is 1.04. The summed E-state index contributed by atoms with van der Waals surface area (Å²) in [5, 5.41) is 1.22. The smallest absolute Gasteiger partial charge is 0.132 e. The second-order valence-electron chi connectivity index (χ2n) is 4.76. The van der Waals surface area contributed by atoms with Gasteiger partial charge >= 0.3 is 0 Å². The van der Waals surface area contributed by atoms with Crippen LogP contribution in [0.25, 0.3) is 10.9 Å². The Kier molecular flexibility index (Phi) is 3.99. The van der Waals surface area contributed by atoms with E-state index in [0.717, 1.165) is 29.5 Å². The number of aromatic nitrogens is 1. The third kappa shape index (κ3) is 2.75. The van der Waals surface area contributed by atoms with Gasteiger partial charge in [0, 0.05) is 34.5 Å². The number of thioether (sulfide) groups is 1. The van der Waals surface area contributed by atoms with Gasteiger partial charge in [-0.1, -0.05) is 22.9 Å². The average molecular weight is 337 g/mol. The van der Waals surface area contributed by atoms with Crippen LogP contribution in [0, 0.1) is 0 Å². The lowest BCUT2D eigenvalue weighted by atomic mass is 10.1. The Balaban J connectivity index is 2.09. The summed E-state index contributed by atoms with van der Waals surface area (Å²) in [6, 6.07) is 8.61. The average Bonchev–Trinajstić information content (AvgIpc) is 2.46. The predicted molar refractivity (Wildman–Crippen MR) is 88.4 cm³/mol. The van der Waals surface area contributed by atoms with Gasteiger partial charge < -0.3 is 4.90 Å². The summed E-state index contributed by atoms with van der Waals surface area (Å²) in [6.45, 7) is 4.45. The molecule has 2 heterocycles. The molecule has 0 amide bonds. The lowest BCUT2D eigenvalue weighted by Gasteiger charge is -2.29. The SMILES string of the molecule is CCc1cc2cc(Br)ccc2nc1N1CCSCC1. The zero-order chi connectivity index (χ0) is 13.2. The molecule has 4 heteroatoms. The maximum Gasteiger partial charge on any atom is 0.132 e. The number of nitrogens with zero attached hydrogens (tertiary/aromatic N) is 2. The van der Waals surface area contributed by atoms with Crippen molar-refractivity contribution in [2.45, 2.75) is 13.3 Å². The van der Waals surface area contributed by atoms with Crippen LogP contribution in [0.1, 0.15) is 12.5 Å². The third-order valence-corrected chi connectivity index (χ3v) is 4.96. The van der Waals surface area contributed by atoms with E-state index in [0.29, 0.717) is 0 Å². The van der Waals surface area contributed by atoms with Crippen LogP contribution in [-0.2, 0) is 6.42 Å². The maximum absolute atomic E-state index is 4.91. The quantitative estimate of drug-likeness (QED) is 0.820. The van der Waals surface area contributed by atoms with E-state index in [1.54, 1.807) is 0 Å². The number of halogens is 1. The molecule has 0 N–H and O–H groups in total. The molecule has 1 aromatic heterocycles. The fourth-order valence-electron chi connectivity index (χ4n) is 2.49. The molecule has 1 saturated heterocycles. The van der Waals surface area contributed by atoms with Gasteiger partial charge in [-0.15, -0.1) is 0 Å². The first kappa shape index (κ1) is 13.3. The van der Waals surface area contributed by atoms with E-state index in [-0.39, 0.29) is 0 Å². The van der Waals surface area contributed by atoms with E-state index in [1.165, 1.54) is 28.3 Å². The molecule has 0 atom stereocenters. The monoisotopic (exact) mass is 336 g/mol. The summed E-state index contributed by atoms with van der Waals surface area (Å²) in [5.41, 5.74) is 2.45. The highest BCUT2D eigenvalue weighted by Gasteiger charge is 2.16.